The summed E-state index contributed by atoms with van der Waals surface area (Å²) >= 11 is 0. The van der Waals surface area contributed by atoms with Crippen LogP contribution in [0.5, 0.6) is 0 Å². The second kappa shape index (κ2) is 7.78. The lowest BCUT2D eigenvalue weighted by molar-refractivity contribution is -0.141. The van der Waals surface area contributed by atoms with Crippen LogP contribution in [0.1, 0.15) is 19.0 Å². The number of aromatic amines is 1. The maximum atomic E-state index is 12.6. The number of hydrogen-bond acceptors (Lipinski definition) is 5. The minimum atomic E-state index is -4.62. The van der Waals surface area contributed by atoms with Crippen molar-refractivity contribution in [3.8, 4) is 0 Å². The van der Waals surface area contributed by atoms with E-state index < -0.39 is 17.4 Å². The number of aromatic nitrogens is 2. The molecule has 130 valence electrons. The van der Waals surface area contributed by atoms with Crippen LogP contribution >= 0.6 is 0 Å². The molecule has 0 bridgehead atoms. The van der Waals surface area contributed by atoms with Crippen molar-refractivity contribution in [1.29, 1.82) is 0 Å². The molecule has 0 amide bonds. The molecule has 1 aromatic rings. The van der Waals surface area contributed by atoms with Crippen LogP contribution in [0.2, 0.25) is 0 Å². The number of nitrogens with zero attached hydrogens (tertiary/aromatic N) is 3. The topological polar surface area (TPSA) is 64.3 Å². The first kappa shape index (κ1) is 17.7. The number of alkyl halides is 3. The van der Waals surface area contributed by atoms with Crippen LogP contribution in [-0.4, -0.2) is 65.6 Å². The lowest BCUT2D eigenvalue weighted by Gasteiger charge is -2.33. The van der Waals surface area contributed by atoms with E-state index in [4.69, 9.17) is 0 Å². The van der Waals surface area contributed by atoms with Crippen LogP contribution in [0.15, 0.2) is 10.9 Å². The summed E-state index contributed by atoms with van der Waals surface area (Å²) in [6.45, 7) is 8.64. The van der Waals surface area contributed by atoms with Crippen LogP contribution in [-0.2, 0) is 6.18 Å². The molecule has 1 aromatic heterocycles. The summed E-state index contributed by atoms with van der Waals surface area (Å²) < 4.78 is 37.8. The third-order valence-electron chi connectivity index (χ3n) is 3.89. The molecule has 6 nitrogen and oxygen atoms in total. The van der Waals surface area contributed by atoms with Crippen molar-refractivity contribution in [3.63, 3.8) is 0 Å². The van der Waals surface area contributed by atoms with E-state index in [-0.39, 0.29) is 5.95 Å². The minimum absolute atomic E-state index is 0.138. The van der Waals surface area contributed by atoms with Gasteiger partial charge in [0.15, 0.2) is 5.69 Å². The smallest absolute Gasteiger partial charge is 0.356 e. The number of rotatable bonds is 6. The van der Waals surface area contributed by atoms with Crippen LogP contribution < -0.4 is 10.9 Å². The van der Waals surface area contributed by atoms with E-state index in [9.17, 15) is 18.0 Å². The van der Waals surface area contributed by atoms with Gasteiger partial charge in [-0.1, -0.05) is 6.92 Å². The van der Waals surface area contributed by atoms with Crippen LogP contribution in [0, 0.1) is 0 Å². The number of piperazine rings is 1. The Labute approximate surface area is 132 Å². The van der Waals surface area contributed by atoms with E-state index in [1.807, 2.05) is 0 Å². The molecular formula is C14H22F3N5O. The van der Waals surface area contributed by atoms with Gasteiger partial charge in [-0.2, -0.15) is 13.2 Å². The highest BCUT2D eigenvalue weighted by atomic mass is 19.4. The monoisotopic (exact) mass is 333 g/mol. The predicted octanol–water partition coefficient (Wildman–Crippen LogP) is 1.23. The SMILES string of the molecule is CCN1CCN(CCCNc2nc(C(F)(F)F)cc(=O)[nH]2)CC1. The quantitative estimate of drug-likeness (QED) is 0.767. The number of H-pyrrole nitrogens is 1. The summed E-state index contributed by atoms with van der Waals surface area (Å²) in [5.74, 6) is -0.138. The molecule has 2 heterocycles. The van der Waals surface area contributed by atoms with E-state index in [1.54, 1.807) is 0 Å². The third kappa shape index (κ3) is 5.51. The minimum Gasteiger partial charge on any atom is -0.356 e. The summed E-state index contributed by atoms with van der Waals surface area (Å²) in [5.41, 5.74) is -2.00. The van der Waals surface area contributed by atoms with Crippen molar-refractivity contribution in [1.82, 2.24) is 19.8 Å². The average molecular weight is 333 g/mol. The molecule has 1 aliphatic heterocycles. The zero-order valence-corrected chi connectivity index (χ0v) is 13.1. The highest BCUT2D eigenvalue weighted by molar-refractivity contribution is 5.25. The van der Waals surface area contributed by atoms with Gasteiger partial charge in [-0.05, 0) is 19.5 Å². The molecule has 0 saturated carbocycles. The molecule has 2 rings (SSSR count). The first-order valence-corrected chi connectivity index (χ1v) is 7.75. The van der Waals surface area contributed by atoms with Gasteiger partial charge in [-0.25, -0.2) is 4.98 Å². The Hall–Kier alpha value is -1.61. The molecular weight excluding hydrogens is 311 g/mol. The van der Waals surface area contributed by atoms with Gasteiger partial charge in [-0.15, -0.1) is 0 Å². The van der Waals surface area contributed by atoms with Gasteiger partial charge in [0.2, 0.25) is 5.95 Å². The lowest BCUT2D eigenvalue weighted by Crippen LogP contribution is -2.46. The van der Waals surface area contributed by atoms with Crippen molar-refractivity contribution in [2.75, 3.05) is 51.1 Å². The zero-order chi connectivity index (χ0) is 16.9. The molecule has 1 saturated heterocycles. The molecule has 23 heavy (non-hydrogen) atoms. The second-order valence-corrected chi connectivity index (χ2v) is 5.53. The van der Waals surface area contributed by atoms with Crippen molar-refractivity contribution in [2.24, 2.45) is 0 Å². The highest BCUT2D eigenvalue weighted by Gasteiger charge is 2.33. The summed E-state index contributed by atoms with van der Waals surface area (Å²) in [5, 5.41) is 2.75. The molecule has 0 aliphatic carbocycles. The van der Waals surface area contributed by atoms with Gasteiger partial charge >= 0.3 is 6.18 Å². The second-order valence-electron chi connectivity index (χ2n) is 5.53. The van der Waals surface area contributed by atoms with Crippen LogP contribution in [0.25, 0.3) is 0 Å². The Bertz CT molecular complexity index is 552. The van der Waals surface area contributed by atoms with Crippen LogP contribution in [0.3, 0.4) is 0 Å². The fourth-order valence-electron chi connectivity index (χ4n) is 2.53. The summed E-state index contributed by atoms with van der Waals surface area (Å²) in [6, 6.07) is 0.457. The fraction of sp³-hybridized carbons (Fsp3) is 0.714. The van der Waals surface area contributed by atoms with Gasteiger partial charge in [-0.3, -0.25) is 9.78 Å². The predicted molar refractivity (Wildman–Crippen MR) is 81.5 cm³/mol. The van der Waals surface area contributed by atoms with Gasteiger partial charge in [0.05, 0.1) is 0 Å². The van der Waals surface area contributed by atoms with E-state index in [1.165, 1.54) is 0 Å². The maximum absolute atomic E-state index is 12.6. The molecule has 0 aromatic carbocycles. The summed E-state index contributed by atoms with van der Waals surface area (Å²) in [6.07, 6.45) is -3.85. The first-order chi connectivity index (χ1) is 10.9. The average Bonchev–Trinajstić information content (AvgIpc) is 2.51. The molecule has 0 unspecified atom stereocenters. The van der Waals surface area contributed by atoms with Gasteiger partial charge in [0.1, 0.15) is 0 Å². The Balaban J connectivity index is 1.76. The number of nitrogens with one attached hydrogen (secondary N) is 2. The largest absolute Gasteiger partial charge is 0.433 e. The van der Waals surface area contributed by atoms with Crippen molar-refractivity contribution in [2.45, 2.75) is 19.5 Å². The van der Waals surface area contributed by atoms with Crippen LogP contribution in [0.4, 0.5) is 19.1 Å². The molecule has 1 fully saturated rings. The Morgan fingerprint density at radius 2 is 1.91 bits per heavy atom. The lowest BCUT2D eigenvalue weighted by atomic mass is 10.3. The standard InChI is InChI=1S/C14H22F3N5O/c1-2-21-6-8-22(9-7-21)5-3-4-18-13-19-11(14(15,16)17)10-12(23)20-13/h10H,2-9H2,1H3,(H2,18,19,20,23). The Morgan fingerprint density at radius 1 is 1.26 bits per heavy atom. The molecule has 0 radical (unpaired) electrons. The highest BCUT2D eigenvalue weighted by Crippen LogP contribution is 2.26. The number of anilines is 1. The normalized spacial score (nSPS) is 17.4. The Morgan fingerprint density at radius 3 is 2.52 bits per heavy atom. The Kier molecular flexibility index (Phi) is 6.00. The van der Waals surface area contributed by atoms with E-state index in [2.05, 4.69) is 32.0 Å². The fourth-order valence-corrected chi connectivity index (χ4v) is 2.53. The number of hydrogen-bond donors (Lipinski definition) is 2. The number of halogens is 3. The van der Waals surface area contributed by atoms with Gasteiger partial charge in [0.25, 0.3) is 5.56 Å². The molecule has 2 N–H and O–H groups in total. The summed E-state index contributed by atoms with van der Waals surface area (Å²) in [7, 11) is 0. The van der Waals surface area contributed by atoms with Crippen molar-refractivity contribution >= 4 is 5.95 Å². The van der Waals surface area contributed by atoms with E-state index >= 15 is 0 Å². The van der Waals surface area contributed by atoms with Crippen molar-refractivity contribution < 1.29 is 13.2 Å². The molecule has 9 heteroatoms. The van der Waals surface area contributed by atoms with E-state index in [0.717, 1.165) is 45.7 Å². The van der Waals surface area contributed by atoms with Crippen molar-refractivity contribution in [3.05, 3.63) is 22.1 Å². The maximum Gasteiger partial charge on any atom is 0.433 e. The summed E-state index contributed by atoms with van der Waals surface area (Å²) in [4.78, 5) is 21.6. The van der Waals surface area contributed by atoms with Gasteiger partial charge < -0.3 is 15.1 Å². The van der Waals surface area contributed by atoms with E-state index in [0.29, 0.717) is 12.6 Å². The molecule has 0 spiro atoms. The zero-order valence-electron chi connectivity index (χ0n) is 13.1. The third-order valence-corrected chi connectivity index (χ3v) is 3.89. The first-order valence-electron chi connectivity index (χ1n) is 7.75. The van der Waals surface area contributed by atoms with Gasteiger partial charge in [0, 0.05) is 38.8 Å². The molecule has 0 atom stereocenters. The molecule has 1 aliphatic rings. The number of likely N-dealkylation sites (N-methyl/N-ethyl adjacent to an activating group) is 1.